The van der Waals surface area contributed by atoms with Gasteiger partial charge in [-0.2, -0.15) is 0 Å². The maximum absolute atomic E-state index is 12.5. The van der Waals surface area contributed by atoms with Crippen LogP contribution in [0.2, 0.25) is 0 Å². The molecule has 1 fully saturated rings. The number of anilines is 1. The number of hydrogen-bond acceptors (Lipinski definition) is 4. The number of hydrogen-bond donors (Lipinski definition) is 2. The quantitative estimate of drug-likeness (QED) is 0.865. The van der Waals surface area contributed by atoms with Crippen molar-refractivity contribution in [3.63, 3.8) is 0 Å². The highest BCUT2D eigenvalue weighted by Crippen LogP contribution is 2.25. The van der Waals surface area contributed by atoms with Crippen molar-refractivity contribution in [2.24, 2.45) is 5.92 Å². The fourth-order valence-corrected chi connectivity index (χ4v) is 2.23. The Morgan fingerprint density at radius 3 is 2.50 bits per heavy atom. The summed E-state index contributed by atoms with van der Waals surface area (Å²) in [6.07, 6.45) is 0.176. The molecule has 0 spiro atoms. The Morgan fingerprint density at radius 1 is 1.35 bits per heavy atom. The van der Waals surface area contributed by atoms with E-state index in [0.29, 0.717) is 12.3 Å². The lowest BCUT2D eigenvalue weighted by Crippen LogP contribution is -2.44. The van der Waals surface area contributed by atoms with Crippen LogP contribution in [0, 0.1) is 5.92 Å². The third-order valence-corrected chi connectivity index (χ3v) is 3.35. The second kappa shape index (κ2) is 5.92. The topological polar surface area (TPSA) is 87.1 Å². The second-order valence-corrected chi connectivity index (χ2v) is 4.89. The van der Waals surface area contributed by atoms with E-state index in [1.54, 1.807) is 0 Å². The molecule has 6 heteroatoms. The normalized spacial score (nSPS) is 21.6. The molecule has 2 atom stereocenters. The summed E-state index contributed by atoms with van der Waals surface area (Å²) in [5, 5.41) is 18.2. The summed E-state index contributed by atoms with van der Waals surface area (Å²) < 4.78 is 5.40. The van der Waals surface area contributed by atoms with Crippen molar-refractivity contribution >= 4 is 17.6 Å². The van der Waals surface area contributed by atoms with Crippen LogP contribution in [0.15, 0.2) is 24.3 Å². The molecule has 1 aliphatic heterocycles. The van der Waals surface area contributed by atoms with Crippen LogP contribution in [0.1, 0.15) is 13.3 Å². The lowest BCUT2D eigenvalue weighted by Gasteiger charge is -2.25. The lowest BCUT2D eigenvalue weighted by atomic mass is 10.0. The maximum atomic E-state index is 12.5. The summed E-state index contributed by atoms with van der Waals surface area (Å²) in [5.41, 5.74) is 0.429. The van der Waals surface area contributed by atoms with Gasteiger partial charge >= 0.3 is 5.97 Å². The van der Waals surface area contributed by atoms with Gasteiger partial charge in [-0.25, -0.2) is 0 Å². The molecule has 1 saturated heterocycles. The highest BCUT2D eigenvalue weighted by Gasteiger charge is 2.35. The molecule has 0 saturated carbocycles. The molecule has 1 amide bonds. The standard InChI is InChI=1S/C14H17NO5/c1-9-6-7-20-13(9)14(19)15(8-12(17)18)10-2-4-11(16)5-3-10/h2-5,9,13,16H,6-8H2,1H3,(H,17,18). The van der Waals surface area contributed by atoms with E-state index in [1.807, 2.05) is 6.92 Å². The van der Waals surface area contributed by atoms with Crippen LogP contribution in [-0.2, 0) is 14.3 Å². The van der Waals surface area contributed by atoms with Crippen LogP contribution in [0.5, 0.6) is 5.75 Å². The molecule has 0 radical (unpaired) electrons. The largest absolute Gasteiger partial charge is 0.508 e. The number of rotatable bonds is 4. The van der Waals surface area contributed by atoms with Crippen LogP contribution < -0.4 is 4.90 Å². The molecule has 6 nitrogen and oxygen atoms in total. The predicted molar refractivity (Wildman–Crippen MR) is 71.6 cm³/mol. The molecule has 20 heavy (non-hydrogen) atoms. The van der Waals surface area contributed by atoms with E-state index >= 15 is 0 Å². The van der Waals surface area contributed by atoms with E-state index < -0.39 is 18.6 Å². The van der Waals surface area contributed by atoms with Gasteiger partial charge in [0.25, 0.3) is 5.91 Å². The molecule has 1 aromatic rings. The fraction of sp³-hybridized carbons (Fsp3) is 0.429. The van der Waals surface area contributed by atoms with Gasteiger partial charge in [0.15, 0.2) is 0 Å². The van der Waals surface area contributed by atoms with E-state index in [1.165, 1.54) is 29.2 Å². The van der Waals surface area contributed by atoms with Gasteiger partial charge in [-0.3, -0.25) is 14.5 Å². The number of amides is 1. The Morgan fingerprint density at radius 2 is 2.00 bits per heavy atom. The predicted octanol–water partition coefficient (Wildman–Crippen LogP) is 1.23. The van der Waals surface area contributed by atoms with Crippen molar-refractivity contribution in [3.05, 3.63) is 24.3 Å². The molecule has 2 N–H and O–H groups in total. The zero-order valence-corrected chi connectivity index (χ0v) is 11.2. The molecule has 2 rings (SSSR count). The van der Waals surface area contributed by atoms with Crippen molar-refractivity contribution < 1.29 is 24.5 Å². The number of benzene rings is 1. The van der Waals surface area contributed by atoms with Crippen LogP contribution in [0.3, 0.4) is 0 Å². The summed E-state index contributed by atoms with van der Waals surface area (Å²) in [6.45, 7) is 1.98. The number of carbonyl (C=O) groups is 2. The number of aliphatic carboxylic acids is 1. The fourth-order valence-electron chi connectivity index (χ4n) is 2.23. The van der Waals surface area contributed by atoms with Crippen LogP contribution in [0.25, 0.3) is 0 Å². The first kappa shape index (κ1) is 14.3. The molecule has 0 aliphatic carbocycles. The summed E-state index contributed by atoms with van der Waals surface area (Å²) in [5.74, 6) is -1.34. The van der Waals surface area contributed by atoms with E-state index in [-0.39, 0.29) is 17.6 Å². The summed E-state index contributed by atoms with van der Waals surface area (Å²) in [4.78, 5) is 24.6. The number of phenolic OH excluding ortho intramolecular Hbond substituents is 1. The first-order valence-electron chi connectivity index (χ1n) is 6.43. The van der Waals surface area contributed by atoms with Crippen molar-refractivity contribution in [2.75, 3.05) is 18.1 Å². The van der Waals surface area contributed by atoms with E-state index in [2.05, 4.69) is 0 Å². The van der Waals surface area contributed by atoms with Crippen molar-refractivity contribution in [2.45, 2.75) is 19.4 Å². The minimum Gasteiger partial charge on any atom is -0.508 e. The number of phenols is 1. The third-order valence-electron chi connectivity index (χ3n) is 3.35. The van der Waals surface area contributed by atoms with Gasteiger partial charge in [0.2, 0.25) is 0 Å². The van der Waals surface area contributed by atoms with Gasteiger partial charge in [-0.05, 0) is 36.6 Å². The molecular weight excluding hydrogens is 262 g/mol. The molecule has 0 aromatic heterocycles. The number of carboxylic acid groups (broad SMARTS) is 1. The molecule has 108 valence electrons. The van der Waals surface area contributed by atoms with Crippen molar-refractivity contribution in [3.8, 4) is 5.75 Å². The van der Waals surface area contributed by atoms with Crippen LogP contribution in [0.4, 0.5) is 5.69 Å². The second-order valence-electron chi connectivity index (χ2n) is 4.89. The Bertz CT molecular complexity index is 499. The number of ether oxygens (including phenoxy) is 1. The van der Waals surface area contributed by atoms with Crippen molar-refractivity contribution in [1.29, 1.82) is 0 Å². The van der Waals surface area contributed by atoms with E-state index in [0.717, 1.165) is 6.42 Å². The van der Waals surface area contributed by atoms with E-state index in [4.69, 9.17) is 9.84 Å². The average molecular weight is 279 g/mol. The number of aromatic hydroxyl groups is 1. The monoisotopic (exact) mass is 279 g/mol. The first-order valence-corrected chi connectivity index (χ1v) is 6.43. The van der Waals surface area contributed by atoms with Gasteiger partial charge in [-0.15, -0.1) is 0 Å². The molecular formula is C14H17NO5. The van der Waals surface area contributed by atoms with Gasteiger partial charge in [0.05, 0.1) is 0 Å². The smallest absolute Gasteiger partial charge is 0.323 e. The van der Waals surface area contributed by atoms with Crippen molar-refractivity contribution in [1.82, 2.24) is 0 Å². The average Bonchev–Trinajstić information content (AvgIpc) is 2.82. The molecule has 2 unspecified atom stereocenters. The summed E-state index contributed by atoms with van der Waals surface area (Å²) >= 11 is 0. The molecule has 0 bridgehead atoms. The minimum atomic E-state index is -1.10. The molecule has 1 aliphatic rings. The number of carbonyl (C=O) groups excluding carboxylic acids is 1. The van der Waals surface area contributed by atoms with Gasteiger partial charge < -0.3 is 14.9 Å². The van der Waals surface area contributed by atoms with Crippen LogP contribution in [-0.4, -0.2) is 41.3 Å². The summed E-state index contributed by atoms with van der Waals surface area (Å²) in [6, 6.07) is 5.85. The van der Waals surface area contributed by atoms with Crippen LogP contribution >= 0.6 is 0 Å². The number of carboxylic acids is 1. The Kier molecular flexibility index (Phi) is 4.24. The highest BCUT2D eigenvalue weighted by molar-refractivity contribution is 6.00. The Labute approximate surface area is 116 Å². The van der Waals surface area contributed by atoms with E-state index in [9.17, 15) is 14.7 Å². The number of nitrogens with zero attached hydrogens (tertiary/aromatic N) is 1. The first-order chi connectivity index (χ1) is 9.49. The maximum Gasteiger partial charge on any atom is 0.323 e. The summed E-state index contributed by atoms with van der Waals surface area (Å²) in [7, 11) is 0. The minimum absolute atomic E-state index is 0.0574. The highest BCUT2D eigenvalue weighted by atomic mass is 16.5. The van der Waals surface area contributed by atoms with Gasteiger partial charge in [0, 0.05) is 12.3 Å². The molecule has 1 heterocycles. The zero-order valence-electron chi connectivity index (χ0n) is 11.2. The van der Waals surface area contributed by atoms with Gasteiger partial charge in [-0.1, -0.05) is 6.92 Å². The lowest BCUT2D eigenvalue weighted by molar-refractivity contribution is -0.138. The SMILES string of the molecule is CC1CCOC1C(=O)N(CC(=O)O)c1ccc(O)cc1. The Hall–Kier alpha value is -2.08. The Balaban J connectivity index is 2.24. The molecule has 1 aromatic carbocycles. The zero-order chi connectivity index (χ0) is 14.7. The third kappa shape index (κ3) is 3.08. The van der Waals surface area contributed by atoms with Gasteiger partial charge in [0.1, 0.15) is 18.4 Å².